The second-order valence-corrected chi connectivity index (χ2v) is 8.56. The largest absolute Gasteiger partial charge is 0.487 e. The number of nitrogens with zero attached hydrogens (tertiary/aromatic N) is 3. The van der Waals surface area contributed by atoms with Gasteiger partial charge in [0.2, 0.25) is 11.8 Å². The topological polar surface area (TPSA) is 92.1 Å². The Morgan fingerprint density at radius 1 is 1.08 bits per heavy atom. The lowest BCUT2D eigenvalue weighted by Gasteiger charge is -2.17. The van der Waals surface area contributed by atoms with Crippen molar-refractivity contribution in [3.8, 4) is 11.4 Å². The molecule has 1 aliphatic heterocycles. The molecule has 0 bridgehead atoms. The molecule has 2 amide bonds. The summed E-state index contributed by atoms with van der Waals surface area (Å²) in [6.45, 7) is 2.42. The van der Waals surface area contributed by atoms with Gasteiger partial charge in [0, 0.05) is 30.3 Å². The van der Waals surface area contributed by atoms with Crippen molar-refractivity contribution in [2.75, 3.05) is 23.1 Å². The molecule has 2 aromatic carbocycles. The minimum atomic E-state index is -0.782. The van der Waals surface area contributed by atoms with E-state index in [0.29, 0.717) is 22.8 Å². The molecule has 1 N–H and O–H groups in total. The Morgan fingerprint density at radius 3 is 2.50 bits per heavy atom. The Bertz CT molecular complexity index is 1430. The number of aliphatic hydroxyl groups is 1. The Balaban J connectivity index is 1.69. The molecular formula is C25H22ClF2N3O5. The zero-order valence-corrected chi connectivity index (χ0v) is 20.2. The van der Waals surface area contributed by atoms with E-state index >= 15 is 0 Å². The molecule has 0 saturated carbocycles. The van der Waals surface area contributed by atoms with Crippen molar-refractivity contribution in [2.24, 2.45) is 0 Å². The first-order valence-electron chi connectivity index (χ1n) is 10.9. The third-order valence-corrected chi connectivity index (χ3v) is 6.13. The van der Waals surface area contributed by atoms with Gasteiger partial charge in [0.25, 0.3) is 5.56 Å². The molecule has 1 aromatic heterocycles. The van der Waals surface area contributed by atoms with Gasteiger partial charge < -0.3 is 9.84 Å². The van der Waals surface area contributed by atoms with Gasteiger partial charge in [0.15, 0.2) is 0 Å². The maximum atomic E-state index is 13.9. The van der Waals surface area contributed by atoms with Crippen LogP contribution < -0.4 is 20.1 Å². The van der Waals surface area contributed by atoms with Gasteiger partial charge in [-0.3, -0.25) is 28.8 Å². The summed E-state index contributed by atoms with van der Waals surface area (Å²) < 4.78 is 33.9. The van der Waals surface area contributed by atoms with Gasteiger partial charge >= 0.3 is 0 Å². The summed E-state index contributed by atoms with van der Waals surface area (Å²) in [5.74, 6) is -2.11. The number of aromatic nitrogens is 1. The van der Waals surface area contributed by atoms with Crippen LogP contribution in [-0.4, -0.2) is 34.8 Å². The number of hydrogen-bond acceptors (Lipinski definition) is 5. The van der Waals surface area contributed by atoms with Crippen molar-refractivity contribution in [2.45, 2.75) is 26.9 Å². The van der Waals surface area contributed by atoms with Crippen LogP contribution in [0.4, 0.5) is 20.2 Å². The summed E-state index contributed by atoms with van der Waals surface area (Å²) in [4.78, 5) is 40.6. The SMILES string of the molecule is CC(=O)N1CN(C(=O)CCO)c2ccc(-n3c(C)cc(OCc4ccc(F)cc4F)c(Cl)c3=O)cc21. The maximum Gasteiger partial charge on any atom is 0.277 e. The van der Waals surface area contributed by atoms with Crippen LogP contribution in [0.25, 0.3) is 5.69 Å². The van der Waals surface area contributed by atoms with E-state index in [0.717, 1.165) is 12.1 Å². The number of benzene rings is 2. The van der Waals surface area contributed by atoms with Crippen LogP contribution in [0.15, 0.2) is 47.3 Å². The molecule has 0 aliphatic carbocycles. The molecule has 3 aromatic rings. The molecular weight excluding hydrogens is 496 g/mol. The predicted octanol–water partition coefficient (Wildman–Crippen LogP) is 3.70. The summed E-state index contributed by atoms with van der Waals surface area (Å²) in [6.07, 6.45) is -0.0929. The number of anilines is 2. The maximum absolute atomic E-state index is 13.9. The van der Waals surface area contributed by atoms with Crippen molar-refractivity contribution in [3.05, 3.63) is 80.7 Å². The second kappa shape index (κ2) is 10.1. The molecule has 0 saturated heterocycles. The van der Waals surface area contributed by atoms with Gasteiger partial charge in [-0.25, -0.2) is 8.78 Å². The van der Waals surface area contributed by atoms with E-state index in [4.69, 9.17) is 21.4 Å². The number of amides is 2. The number of carbonyl (C=O) groups is 2. The number of halogens is 3. The van der Waals surface area contributed by atoms with Crippen molar-refractivity contribution in [1.82, 2.24) is 4.57 Å². The first kappa shape index (κ1) is 25.3. The van der Waals surface area contributed by atoms with Crippen LogP contribution >= 0.6 is 11.6 Å². The fraction of sp³-hybridized carbons (Fsp3) is 0.240. The highest BCUT2D eigenvalue weighted by molar-refractivity contribution is 6.31. The van der Waals surface area contributed by atoms with Crippen LogP contribution in [0, 0.1) is 18.6 Å². The third kappa shape index (κ3) is 4.69. The Kier molecular flexibility index (Phi) is 7.09. The minimum Gasteiger partial charge on any atom is -0.487 e. The van der Waals surface area contributed by atoms with Crippen LogP contribution in [-0.2, 0) is 16.2 Å². The number of hydrogen-bond donors (Lipinski definition) is 1. The molecule has 0 unspecified atom stereocenters. The Hall–Kier alpha value is -3.76. The highest BCUT2D eigenvalue weighted by Gasteiger charge is 2.32. The quantitative estimate of drug-likeness (QED) is 0.538. The van der Waals surface area contributed by atoms with E-state index in [2.05, 4.69) is 0 Å². The molecule has 8 nitrogen and oxygen atoms in total. The average Bonchev–Trinajstić information content (AvgIpc) is 3.21. The predicted molar refractivity (Wildman–Crippen MR) is 130 cm³/mol. The van der Waals surface area contributed by atoms with E-state index < -0.39 is 17.2 Å². The lowest BCUT2D eigenvalue weighted by molar-refractivity contribution is -0.119. The highest BCUT2D eigenvalue weighted by atomic mass is 35.5. The van der Waals surface area contributed by atoms with Crippen LogP contribution in [0.1, 0.15) is 24.6 Å². The number of rotatable bonds is 6. The normalized spacial score (nSPS) is 12.6. The third-order valence-electron chi connectivity index (χ3n) is 5.79. The molecule has 2 heterocycles. The number of fused-ring (bicyclic) bond motifs is 1. The number of ether oxygens (including phenoxy) is 1. The van der Waals surface area contributed by atoms with E-state index in [9.17, 15) is 23.2 Å². The average molecular weight is 518 g/mol. The van der Waals surface area contributed by atoms with Crippen LogP contribution in [0.2, 0.25) is 5.02 Å². The first-order valence-corrected chi connectivity index (χ1v) is 11.3. The zero-order chi connectivity index (χ0) is 26.1. The van der Waals surface area contributed by atoms with E-state index in [-0.39, 0.29) is 54.5 Å². The summed E-state index contributed by atoms with van der Waals surface area (Å²) in [5, 5.41) is 8.88. The molecule has 11 heteroatoms. The zero-order valence-electron chi connectivity index (χ0n) is 19.4. The van der Waals surface area contributed by atoms with Gasteiger partial charge in [-0.1, -0.05) is 11.6 Å². The summed E-state index contributed by atoms with van der Waals surface area (Å²) >= 11 is 6.29. The molecule has 1 aliphatic rings. The van der Waals surface area contributed by atoms with Gasteiger partial charge in [-0.15, -0.1) is 0 Å². The lowest BCUT2D eigenvalue weighted by Crippen LogP contribution is -2.37. The molecule has 4 rings (SSSR count). The number of aliphatic hydroxyl groups excluding tert-OH is 1. The fourth-order valence-corrected chi connectivity index (χ4v) is 4.20. The second-order valence-electron chi connectivity index (χ2n) is 8.19. The van der Waals surface area contributed by atoms with Crippen molar-refractivity contribution >= 4 is 34.8 Å². The van der Waals surface area contributed by atoms with Crippen LogP contribution in [0.3, 0.4) is 0 Å². The Labute approximate surface area is 209 Å². The molecule has 0 fully saturated rings. The molecule has 0 radical (unpaired) electrons. The van der Waals surface area contributed by atoms with E-state index in [1.54, 1.807) is 25.1 Å². The molecule has 0 spiro atoms. The first-order chi connectivity index (χ1) is 17.1. The molecule has 36 heavy (non-hydrogen) atoms. The van der Waals surface area contributed by atoms with Gasteiger partial charge in [0.1, 0.15) is 35.7 Å². The lowest BCUT2D eigenvalue weighted by atomic mass is 10.2. The smallest absolute Gasteiger partial charge is 0.277 e. The monoisotopic (exact) mass is 517 g/mol. The van der Waals surface area contributed by atoms with E-state index in [1.165, 1.54) is 33.4 Å². The van der Waals surface area contributed by atoms with Crippen molar-refractivity contribution in [3.63, 3.8) is 0 Å². The molecule has 188 valence electrons. The van der Waals surface area contributed by atoms with Crippen molar-refractivity contribution < 1.29 is 28.2 Å². The fourth-order valence-electron chi connectivity index (χ4n) is 4.00. The molecule has 0 atom stereocenters. The Morgan fingerprint density at radius 2 is 1.83 bits per heavy atom. The van der Waals surface area contributed by atoms with E-state index in [1.807, 2.05) is 0 Å². The summed E-state index contributed by atoms with van der Waals surface area (Å²) in [7, 11) is 0. The van der Waals surface area contributed by atoms with Gasteiger partial charge in [-0.05, 0) is 37.3 Å². The highest BCUT2D eigenvalue weighted by Crippen LogP contribution is 2.38. The number of carbonyl (C=O) groups excluding carboxylic acids is 2. The summed E-state index contributed by atoms with van der Waals surface area (Å²) in [6, 6.07) is 9.42. The van der Waals surface area contributed by atoms with Crippen molar-refractivity contribution in [1.29, 1.82) is 0 Å². The van der Waals surface area contributed by atoms with Gasteiger partial charge in [-0.2, -0.15) is 0 Å². The standard InChI is InChI=1S/C25H22ClF2N3O5/c1-14-9-22(36-12-16-3-4-17(27)10-19(16)28)24(26)25(35)31(14)18-5-6-20-21(11-18)29(15(2)33)13-30(20)23(34)7-8-32/h3-6,9-11,32H,7-8,12-13H2,1-2H3. The summed E-state index contributed by atoms with van der Waals surface area (Å²) in [5.41, 5.74) is 1.24. The number of pyridine rings is 1. The number of aryl methyl sites for hydroxylation is 1. The van der Waals surface area contributed by atoms with Gasteiger partial charge in [0.05, 0.1) is 30.1 Å². The minimum absolute atomic E-state index is 0.00564. The van der Waals surface area contributed by atoms with Crippen LogP contribution in [0.5, 0.6) is 5.75 Å².